The molecule has 0 bridgehead atoms. The van der Waals surface area contributed by atoms with Crippen molar-refractivity contribution in [1.82, 2.24) is 20.9 Å². The zero-order valence-electron chi connectivity index (χ0n) is 20.8. The van der Waals surface area contributed by atoms with E-state index in [9.17, 15) is 19.5 Å². The van der Waals surface area contributed by atoms with Gasteiger partial charge in [0.15, 0.2) is 0 Å². The summed E-state index contributed by atoms with van der Waals surface area (Å²) in [6, 6.07) is 13.2. The highest BCUT2D eigenvalue weighted by molar-refractivity contribution is 6.49. The number of benzene rings is 1. The minimum Gasteiger partial charge on any atom is -0.507 e. The Labute approximate surface area is 211 Å². The van der Waals surface area contributed by atoms with Crippen molar-refractivity contribution in [2.75, 3.05) is 19.7 Å². The molecule has 1 aromatic carbocycles. The third-order valence-electron chi connectivity index (χ3n) is 5.56. The number of carbonyl (C=O) groups excluding carboxylic acids is 3. The van der Waals surface area contributed by atoms with Crippen molar-refractivity contribution in [3.05, 3.63) is 54.2 Å². The van der Waals surface area contributed by atoms with Crippen LogP contribution in [0.2, 0.25) is 0 Å². The lowest BCUT2D eigenvalue weighted by Gasteiger charge is -2.29. The van der Waals surface area contributed by atoms with Crippen LogP contribution in [0.4, 0.5) is 0 Å². The number of nitrogens with zero attached hydrogens (tertiary/aromatic N) is 1. The van der Waals surface area contributed by atoms with Crippen LogP contribution < -0.4 is 16.0 Å². The van der Waals surface area contributed by atoms with Gasteiger partial charge in [0.1, 0.15) is 11.7 Å². The summed E-state index contributed by atoms with van der Waals surface area (Å²) in [5.41, 5.74) is 1.56. The number of nitrogens with one attached hydrogen (secondary N) is 3. The Morgan fingerprint density at radius 2 is 1.86 bits per heavy atom. The molecule has 192 valence electrons. The lowest BCUT2D eigenvalue weighted by molar-refractivity contribution is -0.136. The summed E-state index contributed by atoms with van der Waals surface area (Å²) in [5, 5.41) is 18.6. The molecule has 1 saturated heterocycles. The number of hydrogen-bond acceptors (Lipinski definition) is 8. The average Bonchev–Trinajstić information content (AvgIpc) is 2.84. The minimum atomic E-state index is -1.26. The molecule has 3 rings (SSSR count). The molecule has 2 heterocycles. The summed E-state index contributed by atoms with van der Waals surface area (Å²) in [5.74, 6) is -2.24. The van der Waals surface area contributed by atoms with Gasteiger partial charge in [-0.05, 0) is 31.4 Å². The van der Waals surface area contributed by atoms with Gasteiger partial charge in [-0.2, -0.15) is 0 Å². The molecule has 0 aliphatic carbocycles. The van der Waals surface area contributed by atoms with Gasteiger partial charge in [0, 0.05) is 18.7 Å². The maximum atomic E-state index is 13.2. The summed E-state index contributed by atoms with van der Waals surface area (Å²) in [6.45, 7) is 6.14. The average molecular weight is 496 g/mol. The first-order valence-electron chi connectivity index (χ1n) is 12.1. The Bertz CT molecular complexity index is 1040. The maximum Gasteiger partial charge on any atom is 0.551 e. The molecule has 1 aliphatic rings. The smallest absolute Gasteiger partial charge is 0.507 e. The van der Waals surface area contributed by atoms with Crippen molar-refractivity contribution in [3.8, 4) is 11.3 Å². The number of carbonyl (C=O) groups is 3. The van der Waals surface area contributed by atoms with Crippen molar-refractivity contribution < 1.29 is 28.8 Å². The zero-order valence-corrected chi connectivity index (χ0v) is 20.8. The lowest BCUT2D eigenvalue weighted by atomic mass is 9.73. The quantitative estimate of drug-likeness (QED) is 0.377. The van der Waals surface area contributed by atoms with Gasteiger partial charge in [-0.1, -0.05) is 50.2 Å². The monoisotopic (exact) mass is 496 g/mol. The van der Waals surface area contributed by atoms with E-state index < -0.39 is 43.0 Å². The van der Waals surface area contributed by atoms with Gasteiger partial charge < -0.3 is 30.4 Å². The van der Waals surface area contributed by atoms with Gasteiger partial charge in [-0.25, -0.2) is 4.98 Å². The van der Waals surface area contributed by atoms with E-state index in [4.69, 9.17) is 9.31 Å². The maximum absolute atomic E-state index is 13.2. The Balaban J connectivity index is 1.74. The minimum absolute atomic E-state index is 0.0452. The first-order chi connectivity index (χ1) is 17.2. The highest BCUT2D eigenvalue weighted by Gasteiger charge is 2.38. The third kappa shape index (κ3) is 7.87. The number of hydrogen-bond donors (Lipinski definition) is 4. The number of amides is 2. The number of pyridine rings is 1. The van der Waals surface area contributed by atoms with Crippen LogP contribution in [0.25, 0.3) is 11.3 Å². The van der Waals surface area contributed by atoms with E-state index >= 15 is 0 Å². The van der Waals surface area contributed by atoms with Gasteiger partial charge in [0.05, 0.1) is 24.3 Å². The summed E-state index contributed by atoms with van der Waals surface area (Å²) in [7, 11) is -0.986. The summed E-state index contributed by atoms with van der Waals surface area (Å²) in [6.07, 6.45) is -0.742. The van der Waals surface area contributed by atoms with Crippen LogP contribution in [0.1, 0.15) is 37.7 Å². The fraction of sp³-hybridized carbons (Fsp3) is 0.440. The second-order valence-corrected chi connectivity index (χ2v) is 9.12. The fourth-order valence-corrected chi connectivity index (χ4v) is 3.81. The van der Waals surface area contributed by atoms with E-state index in [1.165, 1.54) is 13.0 Å². The van der Waals surface area contributed by atoms with Crippen molar-refractivity contribution in [3.63, 3.8) is 0 Å². The predicted octanol–water partition coefficient (Wildman–Crippen LogP) is 0.949. The van der Waals surface area contributed by atoms with Crippen LogP contribution in [0.15, 0.2) is 48.5 Å². The molecule has 0 radical (unpaired) electrons. The van der Waals surface area contributed by atoms with Gasteiger partial charge in [-0.15, -0.1) is 0 Å². The Morgan fingerprint density at radius 3 is 2.56 bits per heavy atom. The zero-order chi connectivity index (χ0) is 26.1. The van der Waals surface area contributed by atoms with Crippen LogP contribution in [-0.2, 0) is 18.9 Å². The van der Waals surface area contributed by atoms with Gasteiger partial charge in [0.25, 0.3) is 5.91 Å². The molecule has 11 heteroatoms. The van der Waals surface area contributed by atoms with Crippen LogP contribution in [-0.4, -0.2) is 72.8 Å². The van der Waals surface area contributed by atoms with Gasteiger partial charge in [0.2, 0.25) is 5.91 Å². The Hall–Kier alpha value is -3.28. The van der Waals surface area contributed by atoms with Crippen molar-refractivity contribution in [2.24, 2.45) is 5.92 Å². The molecule has 0 saturated carbocycles. The lowest BCUT2D eigenvalue weighted by Crippen LogP contribution is -2.59. The van der Waals surface area contributed by atoms with Crippen molar-refractivity contribution in [1.29, 1.82) is 0 Å². The largest absolute Gasteiger partial charge is 0.551 e. The second kappa shape index (κ2) is 13.1. The number of rotatable bonds is 9. The molecule has 2 amide bonds. The summed E-state index contributed by atoms with van der Waals surface area (Å²) >= 11 is 0. The molecule has 1 aliphatic heterocycles. The van der Waals surface area contributed by atoms with E-state index in [1.807, 2.05) is 44.2 Å². The van der Waals surface area contributed by atoms with Crippen LogP contribution in [0.5, 0.6) is 0 Å². The molecular weight excluding hydrogens is 463 g/mol. The van der Waals surface area contributed by atoms with Gasteiger partial charge in [-0.3, -0.25) is 14.4 Å². The molecule has 1 aromatic heterocycles. The number of aromatic nitrogens is 1. The van der Waals surface area contributed by atoms with Crippen molar-refractivity contribution in [2.45, 2.75) is 45.3 Å². The van der Waals surface area contributed by atoms with E-state index in [0.29, 0.717) is 25.3 Å². The Morgan fingerprint density at radius 1 is 1.11 bits per heavy atom. The van der Waals surface area contributed by atoms with E-state index in [1.54, 1.807) is 12.1 Å². The first-order valence-corrected chi connectivity index (χ1v) is 12.1. The first kappa shape index (κ1) is 27.3. The number of aliphatic hydroxyl groups is 1. The molecular formula is C25H33BN4O6. The highest BCUT2D eigenvalue weighted by Crippen LogP contribution is 2.17. The molecule has 10 nitrogen and oxygen atoms in total. The van der Waals surface area contributed by atoms with Crippen LogP contribution in [0, 0.1) is 5.92 Å². The molecule has 36 heavy (non-hydrogen) atoms. The summed E-state index contributed by atoms with van der Waals surface area (Å²) < 4.78 is 11.1. The Kier molecular flexibility index (Phi) is 9.98. The molecule has 4 N–H and O–H groups in total. The molecule has 1 fully saturated rings. The SMILES string of the molecule is CC(C)C[C@H](NC(=O)C(NC(=O)c1cccc(-c2ccccc2)n1)[C@@H](C)O)B1OCCNCC(=O)O1. The van der Waals surface area contributed by atoms with E-state index in [-0.39, 0.29) is 18.2 Å². The molecule has 2 aromatic rings. The second-order valence-electron chi connectivity index (χ2n) is 9.12. The van der Waals surface area contributed by atoms with E-state index in [0.717, 1.165) is 5.56 Å². The molecule has 0 spiro atoms. The summed E-state index contributed by atoms with van der Waals surface area (Å²) in [4.78, 5) is 42.6. The molecule has 1 unspecified atom stereocenters. The van der Waals surface area contributed by atoms with Crippen LogP contribution >= 0.6 is 0 Å². The number of aliphatic hydroxyl groups excluding tert-OH is 1. The fourth-order valence-electron chi connectivity index (χ4n) is 3.81. The van der Waals surface area contributed by atoms with E-state index in [2.05, 4.69) is 20.9 Å². The van der Waals surface area contributed by atoms with Crippen molar-refractivity contribution >= 4 is 24.9 Å². The normalized spacial score (nSPS) is 16.8. The topological polar surface area (TPSA) is 139 Å². The van der Waals surface area contributed by atoms with Gasteiger partial charge >= 0.3 is 13.1 Å². The molecule has 3 atom stereocenters. The predicted molar refractivity (Wildman–Crippen MR) is 135 cm³/mol. The third-order valence-corrected chi connectivity index (χ3v) is 5.56. The highest BCUT2D eigenvalue weighted by atomic mass is 16.6. The van der Waals surface area contributed by atoms with Crippen LogP contribution in [0.3, 0.4) is 0 Å². The standard InChI is InChI=1S/C25H33BN4O6/c1-16(2)14-21(26-35-13-12-27-15-22(32)36-26)29-25(34)23(17(3)31)30-24(33)20-11-7-10-19(28-20)18-8-5-4-6-9-18/h4-11,16-17,21,23,27,31H,12-15H2,1-3H3,(H,29,34)(H,30,33)/t17-,21+,23?/m1/s1.